The average molecular weight is 459 g/mol. The summed E-state index contributed by atoms with van der Waals surface area (Å²) >= 11 is 6.15. The second-order valence-corrected chi connectivity index (χ2v) is 9.43. The van der Waals surface area contributed by atoms with Crippen molar-refractivity contribution in [3.05, 3.63) is 95.0 Å². The summed E-state index contributed by atoms with van der Waals surface area (Å²) < 4.78 is 2.05. The van der Waals surface area contributed by atoms with Crippen LogP contribution in [0.25, 0.3) is 22.2 Å². The molecule has 0 unspecified atom stereocenters. The van der Waals surface area contributed by atoms with E-state index < -0.39 is 5.41 Å². The first-order valence-electron chi connectivity index (χ1n) is 11.0. The molecular formula is C28H27ClN2O2. The molecule has 0 aliphatic carbocycles. The third-order valence-corrected chi connectivity index (χ3v) is 6.32. The van der Waals surface area contributed by atoms with Crippen molar-refractivity contribution in [2.24, 2.45) is 11.1 Å². The maximum absolute atomic E-state index is 13.7. The Labute approximate surface area is 199 Å². The van der Waals surface area contributed by atoms with E-state index in [9.17, 15) is 9.59 Å². The van der Waals surface area contributed by atoms with Gasteiger partial charge in [0.05, 0.1) is 16.7 Å². The van der Waals surface area contributed by atoms with Crippen molar-refractivity contribution in [2.45, 2.75) is 33.2 Å². The largest absolute Gasteiger partial charge is 0.369 e. The predicted molar refractivity (Wildman–Crippen MR) is 134 cm³/mol. The van der Waals surface area contributed by atoms with E-state index in [1.165, 1.54) is 0 Å². The number of nitrogens with zero attached hydrogens (tertiary/aromatic N) is 1. The Bertz CT molecular complexity index is 1310. The van der Waals surface area contributed by atoms with Gasteiger partial charge in [0.2, 0.25) is 5.91 Å². The number of nitrogens with two attached hydrogens (primary N) is 1. The fourth-order valence-corrected chi connectivity index (χ4v) is 4.28. The zero-order chi connectivity index (χ0) is 23.6. The smallest absolute Gasteiger partial charge is 0.224 e. The number of halogens is 1. The van der Waals surface area contributed by atoms with Gasteiger partial charge in [0.1, 0.15) is 0 Å². The van der Waals surface area contributed by atoms with Crippen LogP contribution in [0.1, 0.15) is 36.2 Å². The minimum atomic E-state index is -0.798. The molecule has 5 heteroatoms. The number of para-hydroxylation sites is 1. The average Bonchev–Trinajstić information content (AvgIpc) is 3.12. The number of carbonyl (C=O) groups is 2. The maximum atomic E-state index is 13.7. The zero-order valence-electron chi connectivity index (χ0n) is 18.8. The highest BCUT2D eigenvalue weighted by atomic mass is 35.5. The molecule has 1 heterocycles. The lowest BCUT2D eigenvalue weighted by Gasteiger charge is -2.24. The Morgan fingerprint density at radius 2 is 1.55 bits per heavy atom. The number of hydrogen-bond acceptors (Lipinski definition) is 2. The van der Waals surface area contributed by atoms with Crippen molar-refractivity contribution in [2.75, 3.05) is 0 Å². The van der Waals surface area contributed by atoms with Gasteiger partial charge in [-0.2, -0.15) is 0 Å². The van der Waals surface area contributed by atoms with Crippen molar-refractivity contribution in [1.29, 1.82) is 0 Å². The highest BCUT2D eigenvalue weighted by Gasteiger charge is 2.30. The summed E-state index contributed by atoms with van der Waals surface area (Å²) in [4.78, 5) is 25.9. The number of hydrogen-bond donors (Lipinski definition) is 1. The first-order valence-corrected chi connectivity index (χ1v) is 11.4. The number of amides is 1. The van der Waals surface area contributed by atoms with Crippen molar-refractivity contribution in [3.63, 3.8) is 0 Å². The number of ketones is 1. The van der Waals surface area contributed by atoms with Gasteiger partial charge in [-0.15, -0.1) is 0 Å². The minimum absolute atomic E-state index is 0.0654. The van der Waals surface area contributed by atoms with Crippen LogP contribution in [-0.4, -0.2) is 16.3 Å². The summed E-state index contributed by atoms with van der Waals surface area (Å²) in [6, 6.07) is 25.3. The summed E-state index contributed by atoms with van der Waals surface area (Å²) in [5.41, 5.74) is 9.28. The van der Waals surface area contributed by atoms with E-state index >= 15 is 0 Å². The van der Waals surface area contributed by atoms with Gasteiger partial charge in [-0.05, 0) is 49.6 Å². The van der Waals surface area contributed by atoms with Crippen molar-refractivity contribution in [1.82, 2.24) is 4.57 Å². The van der Waals surface area contributed by atoms with E-state index in [0.717, 1.165) is 27.7 Å². The van der Waals surface area contributed by atoms with E-state index in [0.29, 0.717) is 30.0 Å². The molecule has 168 valence electrons. The molecule has 3 aromatic carbocycles. The summed E-state index contributed by atoms with van der Waals surface area (Å²) in [5, 5.41) is 1.50. The van der Waals surface area contributed by atoms with E-state index in [4.69, 9.17) is 17.3 Å². The second-order valence-electron chi connectivity index (χ2n) is 8.99. The standard InChI is InChI=1S/C28H27ClN2O2/c1-28(2,27(30)33)18-31-23-11-7-6-10-22(23)25(26(31)20-13-15-21(29)16-14-20)24(32)17-12-19-8-4-3-5-9-19/h3-11,13-16H,12,17-18H2,1-2H3,(H2,30,33). The van der Waals surface area contributed by atoms with Crippen LogP contribution in [-0.2, 0) is 17.8 Å². The Hall–Kier alpha value is -3.37. The molecule has 33 heavy (non-hydrogen) atoms. The number of carbonyl (C=O) groups excluding carboxylic acids is 2. The fourth-order valence-electron chi connectivity index (χ4n) is 4.16. The molecule has 1 aromatic heterocycles. The second kappa shape index (κ2) is 9.24. The van der Waals surface area contributed by atoms with E-state index in [2.05, 4.69) is 4.57 Å². The van der Waals surface area contributed by atoms with Gasteiger partial charge in [-0.25, -0.2) is 0 Å². The quantitative estimate of drug-likeness (QED) is 0.315. The number of rotatable bonds is 8. The molecule has 4 nitrogen and oxygen atoms in total. The van der Waals surface area contributed by atoms with Gasteiger partial charge in [0.25, 0.3) is 0 Å². The summed E-state index contributed by atoms with van der Waals surface area (Å²) in [6.45, 7) is 4.01. The minimum Gasteiger partial charge on any atom is -0.369 e. The van der Waals surface area contributed by atoms with Crippen molar-refractivity contribution < 1.29 is 9.59 Å². The number of aryl methyl sites for hydroxylation is 1. The van der Waals surface area contributed by atoms with Crippen LogP contribution in [0.15, 0.2) is 78.9 Å². The molecule has 0 bridgehead atoms. The summed E-state index contributed by atoms with van der Waals surface area (Å²) in [5.74, 6) is -0.324. The van der Waals surface area contributed by atoms with Crippen LogP contribution >= 0.6 is 11.6 Å². The predicted octanol–water partition coefficient (Wildman–Crippen LogP) is 6.29. The number of Topliss-reactive ketones (excluding diaryl/α,β-unsaturated/α-hetero) is 1. The summed E-state index contributed by atoms with van der Waals surface area (Å²) in [6.07, 6.45) is 1.05. The number of benzene rings is 3. The third kappa shape index (κ3) is 4.71. The molecule has 0 aliphatic heterocycles. The molecule has 1 amide bonds. The van der Waals surface area contributed by atoms with Crippen molar-refractivity contribution in [3.8, 4) is 11.3 Å². The normalized spacial score (nSPS) is 11.6. The van der Waals surface area contributed by atoms with Gasteiger partial charge in [0, 0.05) is 28.9 Å². The highest BCUT2D eigenvalue weighted by molar-refractivity contribution is 6.30. The molecule has 0 saturated heterocycles. The van der Waals surface area contributed by atoms with Gasteiger partial charge in [-0.3, -0.25) is 9.59 Å². The third-order valence-electron chi connectivity index (χ3n) is 6.07. The van der Waals surface area contributed by atoms with Crippen molar-refractivity contribution >= 4 is 34.2 Å². The van der Waals surface area contributed by atoms with Gasteiger partial charge in [0.15, 0.2) is 5.78 Å². The molecular weight excluding hydrogens is 432 g/mol. The first-order chi connectivity index (χ1) is 15.8. The van der Waals surface area contributed by atoms with E-state index in [1.807, 2.05) is 92.7 Å². The van der Waals surface area contributed by atoms with Gasteiger partial charge < -0.3 is 10.3 Å². The SMILES string of the molecule is CC(C)(Cn1c(-c2ccc(Cl)cc2)c(C(=O)CCc2ccccc2)c2ccccc21)C(N)=O. The van der Waals surface area contributed by atoms with E-state index in [-0.39, 0.29) is 11.7 Å². The Kier molecular flexibility index (Phi) is 6.39. The fraction of sp³-hybridized carbons (Fsp3) is 0.214. The molecule has 0 fully saturated rings. The number of fused-ring (bicyclic) bond motifs is 1. The molecule has 0 aliphatic rings. The maximum Gasteiger partial charge on any atom is 0.224 e. The van der Waals surface area contributed by atoms with E-state index in [1.54, 1.807) is 0 Å². The molecule has 4 rings (SSSR count). The summed E-state index contributed by atoms with van der Waals surface area (Å²) in [7, 11) is 0. The first kappa shape index (κ1) is 22.8. The van der Waals surface area contributed by atoms with Crippen LogP contribution in [0.2, 0.25) is 5.02 Å². The lowest BCUT2D eigenvalue weighted by atomic mass is 9.92. The van der Waals surface area contributed by atoms with Crippen LogP contribution in [0, 0.1) is 5.41 Å². The molecule has 0 saturated carbocycles. The zero-order valence-corrected chi connectivity index (χ0v) is 19.6. The molecule has 0 radical (unpaired) electrons. The lowest BCUT2D eigenvalue weighted by Crippen LogP contribution is -2.35. The highest BCUT2D eigenvalue weighted by Crippen LogP contribution is 2.37. The topological polar surface area (TPSA) is 65.1 Å². The molecule has 2 N–H and O–H groups in total. The number of primary amides is 1. The van der Waals surface area contributed by atoms with Gasteiger partial charge in [-0.1, -0.05) is 72.3 Å². The van der Waals surface area contributed by atoms with Crippen LogP contribution in [0.5, 0.6) is 0 Å². The number of aromatic nitrogens is 1. The molecule has 0 atom stereocenters. The van der Waals surface area contributed by atoms with Crippen LogP contribution in [0.4, 0.5) is 0 Å². The monoisotopic (exact) mass is 458 g/mol. The Morgan fingerprint density at radius 1 is 0.909 bits per heavy atom. The Morgan fingerprint density at radius 3 is 2.21 bits per heavy atom. The molecule has 0 spiro atoms. The lowest BCUT2D eigenvalue weighted by molar-refractivity contribution is -0.126. The Balaban J connectivity index is 1.89. The molecule has 4 aromatic rings. The van der Waals surface area contributed by atoms with Gasteiger partial charge >= 0.3 is 0 Å². The van der Waals surface area contributed by atoms with Crippen LogP contribution in [0.3, 0.4) is 0 Å². The van der Waals surface area contributed by atoms with Crippen LogP contribution < -0.4 is 5.73 Å².